The first-order chi connectivity index (χ1) is 8.75. The Balaban J connectivity index is 1.71. The third kappa shape index (κ3) is 3.52. The number of benzene rings is 1. The number of carbonyl (C=O) groups is 1. The third-order valence-corrected chi connectivity index (χ3v) is 2.85. The summed E-state index contributed by atoms with van der Waals surface area (Å²) in [7, 11) is 1.76. The maximum atomic E-state index is 11.8. The van der Waals surface area contributed by atoms with E-state index in [1.165, 1.54) is 5.56 Å². The van der Waals surface area contributed by atoms with Crippen LogP contribution in [0.2, 0.25) is 0 Å². The minimum atomic E-state index is 0.0798. The summed E-state index contributed by atoms with van der Waals surface area (Å²) in [4.78, 5) is 11.8. The van der Waals surface area contributed by atoms with E-state index in [1.54, 1.807) is 17.9 Å². The first-order valence-corrected chi connectivity index (χ1v) is 6.19. The number of carbonyl (C=O) groups excluding carboxylic acids is 1. The zero-order valence-electron chi connectivity index (χ0n) is 10.5. The van der Waals surface area contributed by atoms with Crippen LogP contribution in [0.4, 0.5) is 0 Å². The molecule has 2 rings (SSSR count). The van der Waals surface area contributed by atoms with Gasteiger partial charge >= 0.3 is 0 Å². The lowest BCUT2D eigenvalue weighted by molar-refractivity contribution is 0.0974. The van der Waals surface area contributed by atoms with Crippen molar-refractivity contribution in [3.63, 3.8) is 0 Å². The van der Waals surface area contributed by atoms with Gasteiger partial charge in [-0.1, -0.05) is 35.5 Å². The van der Waals surface area contributed by atoms with Crippen molar-refractivity contribution in [2.75, 3.05) is 0 Å². The fourth-order valence-corrected chi connectivity index (χ4v) is 1.86. The number of aromatic nitrogens is 3. The fraction of sp³-hybridized carbons (Fsp3) is 0.357. The zero-order chi connectivity index (χ0) is 12.8. The number of rotatable bonds is 6. The van der Waals surface area contributed by atoms with Gasteiger partial charge in [0.2, 0.25) is 0 Å². The Morgan fingerprint density at radius 3 is 2.67 bits per heavy atom. The number of hydrogen-bond donors (Lipinski definition) is 0. The molecule has 0 saturated heterocycles. The Morgan fingerprint density at radius 2 is 2.00 bits per heavy atom. The van der Waals surface area contributed by atoms with E-state index < -0.39 is 0 Å². The molecule has 0 radical (unpaired) electrons. The van der Waals surface area contributed by atoms with E-state index in [0.717, 1.165) is 19.3 Å². The second kappa shape index (κ2) is 6.10. The summed E-state index contributed by atoms with van der Waals surface area (Å²) in [5.74, 6) is 0.0798. The number of unbranched alkanes of at least 4 members (excludes halogenated alkanes) is 1. The minimum absolute atomic E-state index is 0.0798. The van der Waals surface area contributed by atoms with E-state index >= 15 is 0 Å². The Labute approximate surface area is 107 Å². The van der Waals surface area contributed by atoms with Crippen LogP contribution in [0.15, 0.2) is 36.5 Å². The Hall–Kier alpha value is -1.97. The molecular formula is C14H17N3O. The molecule has 1 aromatic heterocycles. The molecule has 0 unspecified atom stereocenters. The maximum absolute atomic E-state index is 11.8. The lowest BCUT2D eigenvalue weighted by atomic mass is 10.1. The van der Waals surface area contributed by atoms with Gasteiger partial charge in [0.1, 0.15) is 5.69 Å². The van der Waals surface area contributed by atoms with Gasteiger partial charge in [0.05, 0.1) is 6.20 Å². The predicted molar refractivity (Wildman–Crippen MR) is 69.3 cm³/mol. The molecule has 1 aromatic carbocycles. The lowest BCUT2D eigenvalue weighted by Crippen LogP contribution is -2.00. The summed E-state index contributed by atoms with van der Waals surface area (Å²) < 4.78 is 1.55. The Kier molecular flexibility index (Phi) is 4.23. The average molecular weight is 243 g/mol. The van der Waals surface area contributed by atoms with Crippen molar-refractivity contribution in [3.8, 4) is 0 Å². The van der Waals surface area contributed by atoms with E-state index in [4.69, 9.17) is 0 Å². The number of ketones is 1. The fourth-order valence-electron chi connectivity index (χ4n) is 1.86. The van der Waals surface area contributed by atoms with Crippen LogP contribution >= 0.6 is 0 Å². The first-order valence-electron chi connectivity index (χ1n) is 6.19. The van der Waals surface area contributed by atoms with Crippen molar-refractivity contribution in [2.45, 2.75) is 25.7 Å². The topological polar surface area (TPSA) is 47.8 Å². The summed E-state index contributed by atoms with van der Waals surface area (Å²) in [5.41, 5.74) is 1.79. The first kappa shape index (κ1) is 12.5. The van der Waals surface area contributed by atoms with Gasteiger partial charge in [0.15, 0.2) is 5.78 Å². The van der Waals surface area contributed by atoms with Crippen molar-refractivity contribution < 1.29 is 4.79 Å². The predicted octanol–water partition coefficient (Wildman–Crippen LogP) is 2.41. The Morgan fingerprint density at radius 1 is 1.22 bits per heavy atom. The maximum Gasteiger partial charge on any atom is 0.184 e. The van der Waals surface area contributed by atoms with Crippen LogP contribution in [0.3, 0.4) is 0 Å². The van der Waals surface area contributed by atoms with Crippen LogP contribution in [-0.4, -0.2) is 20.8 Å². The molecule has 0 spiro atoms. The number of hydrogen-bond acceptors (Lipinski definition) is 3. The van der Waals surface area contributed by atoms with E-state index in [2.05, 4.69) is 22.4 Å². The smallest absolute Gasteiger partial charge is 0.184 e. The molecule has 0 N–H and O–H groups in total. The van der Waals surface area contributed by atoms with Crippen molar-refractivity contribution in [3.05, 3.63) is 47.8 Å². The van der Waals surface area contributed by atoms with Crippen LogP contribution in [0.1, 0.15) is 35.3 Å². The second-order valence-electron chi connectivity index (χ2n) is 4.39. The van der Waals surface area contributed by atoms with Crippen LogP contribution in [0, 0.1) is 0 Å². The third-order valence-electron chi connectivity index (χ3n) is 2.85. The highest BCUT2D eigenvalue weighted by atomic mass is 16.1. The molecule has 0 fully saturated rings. The molecule has 2 aromatic rings. The highest BCUT2D eigenvalue weighted by Crippen LogP contribution is 2.08. The molecule has 1 heterocycles. The SMILES string of the molecule is Cn1cc(C(=O)CCCCc2ccccc2)nn1. The van der Waals surface area contributed by atoms with E-state index in [1.807, 2.05) is 18.2 Å². The van der Waals surface area contributed by atoms with Gasteiger partial charge in [-0.25, -0.2) is 0 Å². The molecule has 18 heavy (non-hydrogen) atoms. The molecule has 0 bridgehead atoms. The standard InChI is InChI=1S/C14H17N3O/c1-17-11-13(15-16-17)14(18)10-6-5-9-12-7-3-2-4-8-12/h2-4,7-8,11H,5-6,9-10H2,1H3. The number of nitrogens with zero attached hydrogens (tertiary/aromatic N) is 3. The molecule has 4 heteroatoms. The van der Waals surface area contributed by atoms with E-state index in [-0.39, 0.29) is 5.78 Å². The van der Waals surface area contributed by atoms with Gasteiger partial charge < -0.3 is 0 Å². The molecule has 0 atom stereocenters. The summed E-state index contributed by atoms with van der Waals surface area (Å²) in [6.45, 7) is 0. The summed E-state index contributed by atoms with van der Waals surface area (Å²) in [6, 6.07) is 10.3. The second-order valence-corrected chi connectivity index (χ2v) is 4.39. The van der Waals surface area contributed by atoms with Crippen LogP contribution < -0.4 is 0 Å². The van der Waals surface area contributed by atoms with Gasteiger partial charge in [-0.3, -0.25) is 9.48 Å². The van der Waals surface area contributed by atoms with Crippen molar-refractivity contribution in [2.24, 2.45) is 7.05 Å². The Bertz CT molecular complexity index is 505. The molecule has 94 valence electrons. The molecule has 0 aliphatic carbocycles. The normalized spacial score (nSPS) is 10.5. The van der Waals surface area contributed by atoms with Crippen molar-refractivity contribution >= 4 is 5.78 Å². The zero-order valence-corrected chi connectivity index (χ0v) is 10.5. The number of aryl methyl sites for hydroxylation is 2. The van der Waals surface area contributed by atoms with Gasteiger partial charge in [-0.05, 0) is 24.8 Å². The highest BCUT2D eigenvalue weighted by Gasteiger charge is 2.09. The van der Waals surface area contributed by atoms with Crippen molar-refractivity contribution in [1.29, 1.82) is 0 Å². The highest BCUT2D eigenvalue weighted by molar-refractivity contribution is 5.93. The molecule has 0 aliphatic heterocycles. The average Bonchev–Trinajstić information content (AvgIpc) is 2.82. The van der Waals surface area contributed by atoms with E-state index in [0.29, 0.717) is 12.1 Å². The van der Waals surface area contributed by atoms with Crippen molar-refractivity contribution in [1.82, 2.24) is 15.0 Å². The quantitative estimate of drug-likeness (QED) is 0.578. The molecule has 0 amide bonds. The number of Topliss-reactive ketones (excluding diaryl/α,β-unsaturated/α-hetero) is 1. The van der Waals surface area contributed by atoms with Crippen LogP contribution in [0.5, 0.6) is 0 Å². The molecule has 4 nitrogen and oxygen atoms in total. The van der Waals surface area contributed by atoms with Crippen LogP contribution in [0.25, 0.3) is 0 Å². The molecule has 0 saturated carbocycles. The van der Waals surface area contributed by atoms with Gasteiger partial charge in [0, 0.05) is 13.5 Å². The molecular weight excluding hydrogens is 226 g/mol. The van der Waals surface area contributed by atoms with E-state index in [9.17, 15) is 4.79 Å². The lowest BCUT2D eigenvalue weighted by Gasteiger charge is -2.00. The monoisotopic (exact) mass is 243 g/mol. The van der Waals surface area contributed by atoms with Crippen LogP contribution in [-0.2, 0) is 13.5 Å². The summed E-state index contributed by atoms with van der Waals surface area (Å²) >= 11 is 0. The van der Waals surface area contributed by atoms with Gasteiger partial charge in [0.25, 0.3) is 0 Å². The largest absolute Gasteiger partial charge is 0.292 e. The molecule has 0 aliphatic rings. The van der Waals surface area contributed by atoms with Gasteiger partial charge in [-0.15, -0.1) is 5.10 Å². The summed E-state index contributed by atoms with van der Waals surface area (Å²) in [6.07, 6.45) is 5.15. The summed E-state index contributed by atoms with van der Waals surface area (Å²) in [5, 5.41) is 7.58. The minimum Gasteiger partial charge on any atom is -0.292 e. The van der Waals surface area contributed by atoms with Gasteiger partial charge in [-0.2, -0.15) is 0 Å².